The molecule has 1 atom stereocenters. The molecule has 1 aliphatic rings. The molecule has 2 aromatic heterocycles. The molecule has 3 aromatic rings. The molecule has 1 aromatic carbocycles. The van der Waals surface area contributed by atoms with Crippen LogP contribution in [0.1, 0.15) is 37.5 Å². The maximum Gasteiger partial charge on any atom is 0.223 e. The van der Waals surface area contributed by atoms with Gasteiger partial charge in [0.05, 0.1) is 12.1 Å². The molecule has 0 saturated heterocycles. The minimum Gasteiger partial charge on any atom is -0.349 e. The number of hydrogen-bond donors (Lipinski definition) is 1. The number of pyridine rings is 1. The molecule has 29 heavy (non-hydrogen) atoms. The SMILES string of the molecule is CCC(C)C(=O)NCc1nnc2n1CCN(Cc1ccnc3ccccc13)CC2. The Balaban J connectivity index is 1.42. The van der Waals surface area contributed by atoms with Gasteiger partial charge in [0.15, 0.2) is 5.82 Å². The third-order valence-electron chi connectivity index (χ3n) is 5.81. The van der Waals surface area contributed by atoms with Gasteiger partial charge in [-0.05, 0) is 24.1 Å². The van der Waals surface area contributed by atoms with E-state index in [0.717, 1.165) is 56.2 Å². The summed E-state index contributed by atoms with van der Waals surface area (Å²) < 4.78 is 2.17. The maximum atomic E-state index is 12.1. The molecule has 0 spiro atoms. The van der Waals surface area contributed by atoms with Gasteiger partial charge in [0.1, 0.15) is 5.82 Å². The number of rotatable bonds is 6. The van der Waals surface area contributed by atoms with Crippen molar-refractivity contribution in [2.75, 3.05) is 13.1 Å². The third kappa shape index (κ3) is 4.29. The minimum absolute atomic E-state index is 0.0206. The molecule has 1 N–H and O–H groups in total. The lowest BCUT2D eigenvalue weighted by Crippen LogP contribution is -2.30. The summed E-state index contributed by atoms with van der Waals surface area (Å²) in [7, 11) is 0. The van der Waals surface area contributed by atoms with Crippen molar-refractivity contribution in [3.63, 3.8) is 0 Å². The van der Waals surface area contributed by atoms with Crippen LogP contribution < -0.4 is 5.32 Å². The standard InChI is InChI=1S/C22H28N6O/c1-3-16(2)22(29)24-14-21-26-25-20-9-11-27(12-13-28(20)21)15-17-8-10-23-19-7-5-4-6-18(17)19/h4-8,10,16H,3,9,11-15H2,1-2H3,(H,24,29). The smallest absolute Gasteiger partial charge is 0.223 e. The zero-order valence-corrected chi connectivity index (χ0v) is 17.1. The Morgan fingerprint density at radius 1 is 1.17 bits per heavy atom. The van der Waals surface area contributed by atoms with Gasteiger partial charge in [-0.1, -0.05) is 32.0 Å². The lowest BCUT2D eigenvalue weighted by Gasteiger charge is -2.20. The average Bonchev–Trinajstić information content (AvgIpc) is 3.03. The van der Waals surface area contributed by atoms with Gasteiger partial charge in [-0.3, -0.25) is 14.7 Å². The van der Waals surface area contributed by atoms with Crippen LogP contribution in [-0.4, -0.2) is 43.6 Å². The second-order valence-corrected chi connectivity index (χ2v) is 7.72. The zero-order chi connectivity index (χ0) is 20.2. The van der Waals surface area contributed by atoms with Gasteiger partial charge in [0.25, 0.3) is 0 Å². The van der Waals surface area contributed by atoms with Gasteiger partial charge in [0.2, 0.25) is 5.91 Å². The zero-order valence-electron chi connectivity index (χ0n) is 17.1. The summed E-state index contributed by atoms with van der Waals surface area (Å²) in [5.41, 5.74) is 2.34. The van der Waals surface area contributed by atoms with Crippen LogP contribution in [0.15, 0.2) is 36.5 Å². The van der Waals surface area contributed by atoms with Crippen molar-refractivity contribution in [2.45, 2.75) is 46.3 Å². The van der Waals surface area contributed by atoms with Crippen LogP contribution in [0.3, 0.4) is 0 Å². The number of nitrogens with one attached hydrogen (secondary N) is 1. The van der Waals surface area contributed by atoms with Crippen molar-refractivity contribution in [1.82, 2.24) is 30.0 Å². The predicted molar refractivity (Wildman–Crippen MR) is 112 cm³/mol. The predicted octanol–water partition coefficient (Wildman–Crippen LogP) is 2.55. The normalized spacial score (nSPS) is 15.7. The monoisotopic (exact) mass is 392 g/mol. The van der Waals surface area contributed by atoms with Crippen molar-refractivity contribution in [1.29, 1.82) is 0 Å². The summed E-state index contributed by atoms with van der Waals surface area (Å²) in [4.78, 5) is 19.0. The first-order valence-corrected chi connectivity index (χ1v) is 10.4. The van der Waals surface area contributed by atoms with E-state index in [1.54, 1.807) is 0 Å². The molecule has 0 fully saturated rings. The second-order valence-electron chi connectivity index (χ2n) is 7.72. The highest BCUT2D eigenvalue weighted by Crippen LogP contribution is 2.19. The molecular weight excluding hydrogens is 364 g/mol. The quantitative estimate of drug-likeness (QED) is 0.698. The fourth-order valence-corrected chi connectivity index (χ4v) is 3.78. The minimum atomic E-state index is 0.0206. The van der Waals surface area contributed by atoms with Gasteiger partial charge in [-0.15, -0.1) is 10.2 Å². The first kappa shape index (κ1) is 19.5. The van der Waals surface area contributed by atoms with E-state index in [2.05, 4.69) is 54.2 Å². The summed E-state index contributed by atoms with van der Waals surface area (Å²) in [5, 5.41) is 12.9. The number of benzene rings is 1. The summed E-state index contributed by atoms with van der Waals surface area (Å²) in [5.74, 6) is 1.93. The fraction of sp³-hybridized carbons (Fsp3) is 0.455. The van der Waals surface area contributed by atoms with E-state index in [1.165, 1.54) is 10.9 Å². The highest BCUT2D eigenvalue weighted by molar-refractivity contribution is 5.81. The average molecular weight is 393 g/mol. The molecule has 0 radical (unpaired) electrons. The van der Waals surface area contributed by atoms with Gasteiger partial charge in [0, 0.05) is 50.1 Å². The number of carbonyl (C=O) groups is 1. The number of para-hydroxylation sites is 1. The summed E-state index contributed by atoms with van der Waals surface area (Å²) in [6.07, 6.45) is 3.58. The highest BCUT2D eigenvalue weighted by atomic mass is 16.1. The topological polar surface area (TPSA) is 75.9 Å². The molecule has 1 aliphatic heterocycles. The van der Waals surface area contributed by atoms with E-state index >= 15 is 0 Å². The van der Waals surface area contributed by atoms with Crippen molar-refractivity contribution >= 4 is 16.8 Å². The van der Waals surface area contributed by atoms with E-state index in [-0.39, 0.29) is 11.8 Å². The van der Waals surface area contributed by atoms with Crippen LogP contribution in [0.4, 0.5) is 0 Å². The summed E-state index contributed by atoms with van der Waals surface area (Å²) in [6.45, 7) is 7.99. The summed E-state index contributed by atoms with van der Waals surface area (Å²) in [6, 6.07) is 10.4. The molecule has 7 nitrogen and oxygen atoms in total. The molecule has 0 aliphatic carbocycles. The molecule has 152 valence electrons. The molecule has 0 bridgehead atoms. The Hall–Kier alpha value is -2.80. The van der Waals surface area contributed by atoms with E-state index < -0.39 is 0 Å². The van der Waals surface area contributed by atoms with Crippen LogP contribution in [0, 0.1) is 5.92 Å². The van der Waals surface area contributed by atoms with Crippen LogP contribution in [0.2, 0.25) is 0 Å². The van der Waals surface area contributed by atoms with E-state index in [1.807, 2.05) is 26.1 Å². The molecule has 3 heterocycles. The second kappa shape index (κ2) is 8.69. The number of aromatic nitrogens is 4. The van der Waals surface area contributed by atoms with Crippen LogP contribution in [-0.2, 0) is 30.8 Å². The number of carbonyl (C=O) groups excluding carboxylic acids is 1. The number of fused-ring (bicyclic) bond motifs is 2. The summed E-state index contributed by atoms with van der Waals surface area (Å²) >= 11 is 0. The van der Waals surface area contributed by atoms with E-state index in [0.29, 0.717) is 6.54 Å². The molecular formula is C22H28N6O. The van der Waals surface area contributed by atoms with Gasteiger partial charge in [-0.2, -0.15) is 0 Å². The van der Waals surface area contributed by atoms with Gasteiger partial charge >= 0.3 is 0 Å². The van der Waals surface area contributed by atoms with Gasteiger partial charge in [-0.25, -0.2) is 0 Å². The fourth-order valence-electron chi connectivity index (χ4n) is 3.78. The first-order valence-electron chi connectivity index (χ1n) is 10.4. The van der Waals surface area contributed by atoms with E-state index in [9.17, 15) is 4.79 Å². The maximum absolute atomic E-state index is 12.1. The molecule has 7 heteroatoms. The van der Waals surface area contributed by atoms with Crippen LogP contribution >= 0.6 is 0 Å². The highest BCUT2D eigenvalue weighted by Gasteiger charge is 2.20. The lowest BCUT2D eigenvalue weighted by atomic mass is 10.1. The van der Waals surface area contributed by atoms with Gasteiger partial charge < -0.3 is 9.88 Å². The Morgan fingerprint density at radius 3 is 2.90 bits per heavy atom. The Bertz CT molecular complexity index is 993. The van der Waals surface area contributed by atoms with Crippen LogP contribution in [0.25, 0.3) is 10.9 Å². The number of hydrogen-bond acceptors (Lipinski definition) is 5. The third-order valence-corrected chi connectivity index (χ3v) is 5.81. The Kier molecular flexibility index (Phi) is 5.85. The first-order chi connectivity index (χ1) is 14.2. The number of amides is 1. The van der Waals surface area contributed by atoms with Crippen molar-refractivity contribution in [3.8, 4) is 0 Å². The molecule has 1 amide bonds. The van der Waals surface area contributed by atoms with Crippen molar-refractivity contribution in [3.05, 3.63) is 53.7 Å². The van der Waals surface area contributed by atoms with Crippen molar-refractivity contribution in [2.24, 2.45) is 5.92 Å². The lowest BCUT2D eigenvalue weighted by molar-refractivity contribution is -0.124. The number of nitrogens with zero attached hydrogens (tertiary/aromatic N) is 5. The van der Waals surface area contributed by atoms with Crippen LogP contribution in [0.5, 0.6) is 0 Å². The van der Waals surface area contributed by atoms with Crippen molar-refractivity contribution < 1.29 is 4.79 Å². The molecule has 0 saturated carbocycles. The van der Waals surface area contributed by atoms with E-state index in [4.69, 9.17) is 0 Å². The Labute approximate surface area is 171 Å². The largest absolute Gasteiger partial charge is 0.349 e. The Morgan fingerprint density at radius 2 is 2.03 bits per heavy atom. The molecule has 1 unspecified atom stereocenters. The molecule has 4 rings (SSSR count).